The van der Waals surface area contributed by atoms with Crippen LogP contribution in [0.1, 0.15) is 0 Å². The minimum absolute atomic E-state index is 0.951. The number of para-hydroxylation sites is 2. The first kappa shape index (κ1) is 7.56. The molecule has 14 heavy (non-hydrogen) atoms. The summed E-state index contributed by atoms with van der Waals surface area (Å²) in [6.07, 6.45) is 8.21. The second-order valence-corrected chi connectivity index (χ2v) is 3.37. The van der Waals surface area contributed by atoms with E-state index >= 15 is 0 Å². The Labute approximate surface area is 82.9 Å². The highest BCUT2D eigenvalue weighted by Gasteiger charge is 2.17. The van der Waals surface area contributed by atoms with Gasteiger partial charge in [0.1, 0.15) is 0 Å². The van der Waals surface area contributed by atoms with Crippen LogP contribution in [0.5, 0.6) is 0 Å². The molecule has 0 fully saturated rings. The molecular formula is C12H10N2. The maximum Gasteiger partial charge on any atom is 0.0866 e. The van der Waals surface area contributed by atoms with Gasteiger partial charge in [-0.25, -0.2) is 0 Å². The highest BCUT2D eigenvalue weighted by Crippen LogP contribution is 2.34. The average Bonchev–Trinajstić information content (AvgIpc) is 2.61. The van der Waals surface area contributed by atoms with E-state index in [4.69, 9.17) is 0 Å². The molecule has 0 N–H and O–H groups in total. The van der Waals surface area contributed by atoms with Crippen LogP contribution in [-0.4, -0.2) is 12.8 Å². The second-order valence-electron chi connectivity index (χ2n) is 3.37. The lowest BCUT2D eigenvalue weighted by molar-refractivity contribution is 1.09. The summed E-state index contributed by atoms with van der Waals surface area (Å²) in [6.45, 7) is 0.951. The van der Waals surface area contributed by atoms with Crippen molar-refractivity contribution in [2.75, 3.05) is 11.4 Å². The molecule has 0 saturated heterocycles. The smallest absolute Gasteiger partial charge is 0.0866 e. The minimum atomic E-state index is 0.951. The van der Waals surface area contributed by atoms with E-state index < -0.39 is 0 Å². The van der Waals surface area contributed by atoms with Crippen molar-refractivity contribution in [2.45, 2.75) is 0 Å². The van der Waals surface area contributed by atoms with Crippen molar-refractivity contribution in [3.8, 4) is 0 Å². The summed E-state index contributed by atoms with van der Waals surface area (Å²) >= 11 is 0. The van der Waals surface area contributed by atoms with Gasteiger partial charge in [-0.15, -0.1) is 0 Å². The van der Waals surface area contributed by atoms with Crippen molar-refractivity contribution >= 4 is 17.6 Å². The first-order chi connectivity index (χ1) is 6.95. The van der Waals surface area contributed by atoms with Crippen molar-refractivity contribution in [3.63, 3.8) is 0 Å². The molecule has 1 aromatic rings. The average molecular weight is 182 g/mol. The van der Waals surface area contributed by atoms with Crippen molar-refractivity contribution in [1.29, 1.82) is 0 Å². The molecule has 0 bridgehead atoms. The van der Waals surface area contributed by atoms with Gasteiger partial charge in [0, 0.05) is 18.5 Å². The third-order valence-electron chi connectivity index (χ3n) is 2.52. The van der Waals surface area contributed by atoms with E-state index in [-0.39, 0.29) is 0 Å². The number of aliphatic imine (C=N–C) groups is 1. The van der Waals surface area contributed by atoms with Gasteiger partial charge < -0.3 is 4.90 Å². The standard InChI is InChI=1S/C12H10N2/c1-2-6-12-11(5-1)13-8-7-10-4-3-9-14(10)12/h1-8H,9H2. The molecule has 0 aliphatic carbocycles. The van der Waals surface area contributed by atoms with E-state index in [1.165, 1.54) is 11.4 Å². The third kappa shape index (κ3) is 1.01. The Morgan fingerprint density at radius 3 is 3.14 bits per heavy atom. The van der Waals surface area contributed by atoms with Gasteiger partial charge in [0.2, 0.25) is 0 Å². The molecule has 2 nitrogen and oxygen atoms in total. The van der Waals surface area contributed by atoms with Gasteiger partial charge in [0.15, 0.2) is 0 Å². The fourth-order valence-electron chi connectivity index (χ4n) is 1.85. The Bertz CT molecular complexity index is 455. The number of hydrogen-bond donors (Lipinski definition) is 0. The van der Waals surface area contributed by atoms with E-state index in [1.54, 1.807) is 0 Å². The maximum absolute atomic E-state index is 4.39. The molecular weight excluding hydrogens is 172 g/mol. The zero-order valence-electron chi connectivity index (χ0n) is 7.72. The van der Waals surface area contributed by atoms with Gasteiger partial charge in [0.05, 0.1) is 11.4 Å². The van der Waals surface area contributed by atoms with Gasteiger partial charge in [-0.3, -0.25) is 4.99 Å². The van der Waals surface area contributed by atoms with Crippen LogP contribution in [0.15, 0.2) is 53.2 Å². The van der Waals surface area contributed by atoms with Crippen LogP contribution < -0.4 is 4.90 Å². The first-order valence-corrected chi connectivity index (χ1v) is 4.72. The summed E-state index contributed by atoms with van der Waals surface area (Å²) in [5, 5.41) is 0. The molecule has 0 spiro atoms. The summed E-state index contributed by atoms with van der Waals surface area (Å²) in [5.74, 6) is 0. The largest absolute Gasteiger partial charge is 0.336 e. The normalized spacial score (nSPS) is 17.4. The number of allylic oxidation sites excluding steroid dienone is 2. The zero-order chi connectivity index (χ0) is 9.38. The lowest BCUT2D eigenvalue weighted by Gasteiger charge is -2.20. The SMILES string of the molecule is C1=CC2=CC=Nc3ccccc3N2C1. The summed E-state index contributed by atoms with van der Waals surface area (Å²) in [4.78, 5) is 6.66. The lowest BCUT2D eigenvalue weighted by atomic mass is 10.2. The summed E-state index contributed by atoms with van der Waals surface area (Å²) < 4.78 is 0. The molecule has 2 heterocycles. The van der Waals surface area contributed by atoms with E-state index in [9.17, 15) is 0 Å². The highest BCUT2D eigenvalue weighted by molar-refractivity contribution is 5.85. The number of rotatable bonds is 0. The fourth-order valence-corrected chi connectivity index (χ4v) is 1.85. The molecule has 0 aromatic heterocycles. The second kappa shape index (κ2) is 2.84. The Kier molecular flexibility index (Phi) is 1.53. The Balaban J connectivity index is 2.20. The Hall–Kier alpha value is -1.83. The van der Waals surface area contributed by atoms with Crippen LogP contribution in [0, 0.1) is 0 Å². The molecule has 0 unspecified atom stereocenters. The zero-order valence-corrected chi connectivity index (χ0v) is 7.72. The molecule has 0 atom stereocenters. The Morgan fingerprint density at radius 1 is 1.21 bits per heavy atom. The van der Waals surface area contributed by atoms with Crippen molar-refractivity contribution in [2.24, 2.45) is 4.99 Å². The first-order valence-electron chi connectivity index (χ1n) is 4.72. The molecule has 3 rings (SSSR count). The predicted molar refractivity (Wildman–Crippen MR) is 59.2 cm³/mol. The van der Waals surface area contributed by atoms with Gasteiger partial charge in [-0.05, 0) is 24.3 Å². The number of fused-ring (bicyclic) bond motifs is 3. The number of anilines is 1. The predicted octanol–water partition coefficient (Wildman–Crippen LogP) is 2.66. The lowest BCUT2D eigenvalue weighted by Crippen LogP contribution is -2.16. The van der Waals surface area contributed by atoms with Crippen LogP contribution in [0.2, 0.25) is 0 Å². The van der Waals surface area contributed by atoms with Gasteiger partial charge in [-0.2, -0.15) is 0 Å². The van der Waals surface area contributed by atoms with Crippen molar-refractivity contribution in [1.82, 2.24) is 0 Å². The van der Waals surface area contributed by atoms with Gasteiger partial charge in [-0.1, -0.05) is 18.2 Å². The van der Waals surface area contributed by atoms with Gasteiger partial charge >= 0.3 is 0 Å². The van der Waals surface area contributed by atoms with Crippen molar-refractivity contribution in [3.05, 3.63) is 48.2 Å². The summed E-state index contributed by atoms with van der Waals surface area (Å²) in [6, 6.07) is 8.22. The molecule has 2 heteroatoms. The van der Waals surface area contributed by atoms with Crippen LogP contribution in [0.3, 0.4) is 0 Å². The Morgan fingerprint density at radius 2 is 2.14 bits per heavy atom. The molecule has 0 amide bonds. The molecule has 68 valence electrons. The highest BCUT2D eigenvalue weighted by atomic mass is 15.2. The quantitative estimate of drug-likeness (QED) is 0.602. The van der Waals surface area contributed by atoms with E-state index in [1.807, 2.05) is 24.4 Å². The maximum atomic E-state index is 4.39. The van der Waals surface area contributed by atoms with Crippen LogP contribution in [-0.2, 0) is 0 Å². The molecule has 0 saturated carbocycles. The van der Waals surface area contributed by atoms with E-state index in [2.05, 4.69) is 34.2 Å². The monoisotopic (exact) mass is 182 g/mol. The topological polar surface area (TPSA) is 15.6 Å². The van der Waals surface area contributed by atoms with Crippen LogP contribution in [0.4, 0.5) is 11.4 Å². The number of hydrogen-bond acceptors (Lipinski definition) is 2. The van der Waals surface area contributed by atoms with Crippen molar-refractivity contribution < 1.29 is 0 Å². The van der Waals surface area contributed by atoms with Gasteiger partial charge in [0.25, 0.3) is 0 Å². The number of nitrogens with zero attached hydrogens (tertiary/aromatic N) is 2. The molecule has 2 aliphatic heterocycles. The third-order valence-corrected chi connectivity index (χ3v) is 2.52. The van der Waals surface area contributed by atoms with Crippen LogP contribution in [0.25, 0.3) is 0 Å². The van der Waals surface area contributed by atoms with E-state index in [0.29, 0.717) is 0 Å². The minimum Gasteiger partial charge on any atom is -0.336 e. The van der Waals surface area contributed by atoms with E-state index in [0.717, 1.165) is 12.2 Å². The molecule has 1 aromatic carbocycles. The number of benzene rings is 1. The summed E-state index contributed by atoms with van der Waals surface area (Å²) in [7, 11) is 0. The fraction of sp³-hybridized carbons (Fsp3) is 0.0833. The molecule has 0 radical (unpaired) electrons. The molecule has 2 aliphatic rings. The van der Waals surface area contributed by atoms with Crippen LogP contribution >= 0.6 is 0 Å². The summed E-state index contributed by atoms with van der Waals surface area (Å²) in [5.41, 5.74) is 3.46.